The Hall–Kier alpha value is -2.21. The van der Waals surface area contributed by atoms with Crippen LogP contribution in [0.2, 0.25) is 0 Å². The standard InChI is InChI=1S/C18H21N3O3/c1-12-17(13-4-2-3-5-15(13)24-12)18(22)21-8-9-23-16(11-21)14-10-19-6-7-20-14/h6-7,10,16H,2-5,8-9,11H2,1H3. The first-order valence-electron chi connectivity index (χ1n) is 8.52. The van der Waals surface area contributed by atoms with Gasteiger partial charge < -0.3 is 14.1 Å². The van der Waals surface area contributed by atoms with Crippen molar-refractivity contribution >= 4 is 5.91 Å². The molecule has 24 heavy (non-hydrogen) atoms. The number of aromatic nitrogens is 2. The quantitative estimate of drug-likeness (QED) is 0.847. The Kier molecular flexibility index (Phi) is 4.06. The molecule has 0 saturated carbocycles. The first kappa shape index (κ1) is 15.3. The zero-order valence-electron chi connectivity index (χ0n) is 13.8. The van der Waals surface area contributed by atoms with Crippen LogP contribution in [0.5, 0.6) is 0 Å². The van der Waals surface area contributed by atoms with Crippen molar-refractivity contribution in [2.45, 2.75) is 38.7 Å². The number of nitrogens with zero attached hydrogens (tertiary/aromatic N) is 3. The van der Waals surface area contributed by atoms with Gasteiger partial charge in [0.15, 0.2) is 0 Å². The number of hydrogen-bond acceptors (Lipinski definition) is 5. The lowest BCUT2D eigenvalue weighted by Crippen LogP contribution is -2.42. The summed E-state index contributed by atoms with van der Waals surface area (Å²) >= 11 is 0. The van der Waals surface area contributed by atoms with Gasteiger partial charge >= 0.3 is 0 Å². The largest absolute Gasteiger partial charge is 0.465 e. The highest BCUT2D eigenvalue weighted by atomic mass is 16.5. The lowest BCUT2D eigenvalue weighted by atomic mass is 9.94. The summed E-state index contributed by atoms with van der Waals surface area (Å²) in [6.45, 7) is 3.49. The Morgan fingerprint density at radius 2 is 2.17 bits per heavy atom. The van der Waals surface area contributed by atoms with Crippen molar-refractivity contribution in [3.63, 3.8) is 0 Å². The van der Waals surface area contributed by atoms with E-state index >= 15 is 0 Å². The zero-order chi connectivity index (χ0) is 16.5. The molecular formula is C18H21N3O3. The minimum Gasteiger partial charge on any atom is -0.465 e. The number of furan rings is 1. The van der Waals surface area contributed by atoms with E-state index in [1.165, 1.54) is 0 Å². The molecule has 6 heteroatoms. The molecule has 4 rings (SSSR count). The van der Waals surface area contributed by atoms with E-state index in [1.807, 2.05) is 11.8 Å². The fraction of sp³-hybridized carbons (Fsp3) is 0.500. The van der Waals surface area contributed by atoms with E-state index in [9.17, 15) is 4.79 Å². The van der Waals surface area contributed by atoms with Crippen LogP contribution < -0.4 is 0 Å². The fourth-order valence-corrected chi connectivity index (χ4v) is 3.63. The molecule has 1 saturated heterocycles. The van der Waals surface area contributed by atoms with E-state index in [1.54, 1.807) is 18.6 Å². The third-order valence-electron chi connectivity index (χ3n) is 4.83. The van der Waals surface area contributed by atoms with Crippen molar-refractivity contribution in [1.82, 2.24) is 14.9 Å². The summed E-state index contributed by atoms with van der Waals surface area (Å²) in [5.74, 6) is 1.80. The number of fused-ring (bicyclic) bond motifs is 1. The summed E-state index contributed by atoms with van der Waals surface area (Å²) in [5, 5.41) is 0. The number of carbonyl (C=O) groups excluding carboxylic acids is 1. The smallest absolute Gasteiger partial charge is 0.257 e. The lowest BCUT2D eigenvalue weighted by molar-refractivity contribution is -0.0249. The third kappa shape index (κ3) is 2.71. The van der Waals surface area contributed by atoms with Crippen LogP contribution in [0.4, 0.5) is 0 Å². The fourth-order valence-electron chi connectivity index (χ4n) is 3.63. The number of ether oxygens (including phenoxy) is 1. The zero-order valence-corrected chi connectivity index (χ0v) is 13.8. The van der Waals surface area contributed by atoms with Crippen LogP contribution in [0.1, 0.15) is 52.1 Å². The molecule has 3 heterocycles. The van der Waals surface area contributed by atoms with Gasteiger partial charge in [-0.05, 0) is 26.2 Å². The number of amides is 1. The van der Waals surface area contributed by atoms with Crippen LogP contribution in [0.3, 0.4) is 0 Å². The SMILES string of the molecule is Cc1oc2c(c1C(=O)N1CCOC(c3cnccn3)C1)CCCC2. The molecule has 0 radical (unpaired) electrons. The van der Waals surface area contributed by atoms with Gasteiger partial charge in [-0.25, -0.2) is 0 Å². The summed E-state index contributed by atoms with van der Waals surface area (Å²) in [6.07, 6.45) is 8.90. The molecule has 1 fully saturated rings. The topological polar surface area (TPSA) is 68.5 Å². The molecule has 1 amide bonds. The van der Waals surface area contributed by atoms with E-state index in [2.05, 4.69) is 9.97 Å². The Morgan fingerprint density at radius 3 is 3.00 bits per heavy atom. The Labute approximate surface area is 140 Å². The second kappa shape index (κ2) is 6.36. The van der Waals surface area contributed by atoms with E-state index in [4.69, 9.17) is 9.15 Å². The second-order valence-electron chi connectivity index (χ2n) is 6.38. The molecule has 1 aliphatic carbocycles. The van der Waals surface area contributed by atoms with Gasteiger partial charge in [0.1, 0.15) is 17.6 Å². The maximum Gasteiger partial charge on any atom is 0.257 e. The van der Waals surface area contributed by atoms with Crippen LogP contribution >= 0.6 is 0 Å². The molecular weight excluding hydrogens is 306 g/mol. The molecule has 126 valence electrons. The molecule has 0 bridgehead atoms. The maximum absolute atomic E-state index is 13.1. The number of hydrogen-bond donors (Lipinski definition) is 0. The second-order valence-corrected chi connectivity index (χ2v) is 6.38. The number of morpholine rings is 1. The molecule has 0 N–H and O–H groups in total. The van der Waals surface area contributed by atoms with Crippen molar-refractivity contribution in [2.75, 3.05) is 19.7 Å². The highest BCUT2D eigenvalue weighted by Crippen LogP contribution is 2.31. The van der Waals surface area contributed by atoms with Gasteiger partial charge in [-0.15, -0.1) is 0 Å². The monoisotopic (exact) mass is 327 g/mol. The first-order valence-corrected chi connectivity index (χ1v) is 8.52. The van der Waals surface area contributed by atoms with Gasteiger partial charge in [0.25, 0.3) is 5.91 Å². The molecule has 2 aromatic rings. The molecule has 1 unspecified atom stereocenters. The normalized spacial score (nSPS) is 20.7. The van der Waals surface area contributed by atoms with Crippen LogP contribution in [-0.2, 0) is 17.6 Å². The highest BCUT2D eigenvalue weighted by Gasteiger charge is 2.32. The lowest BCUT2D eigenvalue weighted by Gasteiger charge is -2.32. The van der Waals surface area contributed by atoms with Gasteiger partial charge in [-0.2, -0.15) is 0 Å². The predicted octanol–water partition coefficient (Wildman–Crippen LogP) is 2.47. The van der Waals surface area contributed by atoms with Crippen molar-refractivity contribution in [3.05, 3.63) is 46.9 Å². The van der Waals surface area contributed by atoms with E-state index < -0.39 is 0 Å². The summed E-state index contributed by atoms with van der Waals surface area (Å²) in [5.41, 5.74) is 2.65. The molecule has 6 nitrogen and oxygen atoms in total. The van der Waals surface area contributed by atoms with Crippen LogP contribution in [0, 0.1) is 6.92 Å². The molecule has 2 aromatic heterocycles. The Morgan fingerprint density at radius 1 is 1.29 bits per heavy atom. The van der Waals surface area contributed by atoms with Gasteiger partial charge in [0, 0.05) is 30.9 Å². The van der Waals surface area contributed by atoms with Crippen molar-refractivity contribution in [2.24, 2.45) is 0 Å². The van der Waals surface area contributed by atoms with Gasteiger partial charge in [0.2, 0.25) is 0 Å². The minimum absolute atomic E-state index is 0.0524. The Bertz CT molecular complexity index is 741. The molecule has 0 spiro atoms. The summed E-state index contributed by atoms with van der Waals surface area (Å²) in [6, 6.07) is 0. The average Bonchev–Trinajstić information content (AvgIpc) is 2.97. The van der Waals surface area contributed by atoms with Crippen molar-refractivity contribution < 1.29 is 13.9 Å². The molecule has 1 atom stereocenters. The van der Waals surface area contributed by atoms with E-state index in [0.29, 0.717) is 19.7 Å². The van der Waals surface area contributed by atoms with Crippen molar-refractivity contribution in [1.29, 1.82) is 0 Å². The van der Waals surface area contributed by atoms with Crippen LogP contribution in [-0.4, -0.2) is 40.5 Å². The highest BCUT2D eigenvalue weighted by molar-refractivity contribution is 5.97. The molecule has 0 aromatic carbocycles. The number of rotatable bonds is 2. The van der Waals surface area contributed by atoms with E-state index in [-0.39, 0.29) is 12.0 Å². The van der Waals surface area contributed by atoms with Gasteiger partial charge in [-0.1, -0.05) is 0 Å². The number of aryl methyl sites for hydroxylation is 2. The maximum atomic E-state index is 13.1. The molecule has 1 aliphatic heterocycles. The van der Waals surface area contributed by atoms with Crippen LogP contribution in [0.25, 0.3) is 0 Å². The minimum atomic E-state index is -0.223. The first-order chi connectivity index (χ1) is 11.7. The summed E-state index contributed by atoms with van der Waals surface area (Å²) in [7, 11) is 0. The summed E-state index contributed by atoms with van der Waals surface area (Å²) in [4.78, 5) is 23.4. The molecule has 2 aliphatic rings. The van der Waals surface area contributed by atoms with Gasteiger partial charge in [-0.3, -0.25) is 14.8 Å². The Balaban J connectivity index is 1.57. The van der Waals surface area contributed by atoms with Crippen molar-refractivity contribution in [3.8, 4) is 0 Å². The average molecular weight is 327 g/mol. The van der Waals surface area contributed by atoms with Gasteiger partial charge in [0.05, 0.1) is 30.6 Å². The third-order valence-corrected chi connectivity index (χ3v) is 4.83. The predicted molar refractivity (Wildman–Crippen MR) is 86.7 cm³/mol. The van der Waals surface area contributed by atoms with Crippen LogP contribution in [0.15, 0.2) is 23.0 Å². The van der Waals surface area contributed by atoms with E-state index in [0.717, 1.165) is 54.0 Å². The number of carbonyl (C=O) groups is 1. The summed E-state index contributed by atoms with van der Waals surface area (Å²) < 4.78 is 11.6.